The van der Waals surface area contributed by atoms with Crippen molar-refractivity contribution in [2.24, 2.45) is 0 Å². The zero-order valence-electron chi connectivity index (χ0n) is 10.7. The third kappa shape index (κ3) is 2.27. The van der Waals surface area contributed by atoms with Crippen molar-refractivity contribution >= 4 is 6.29 Å². The van der Waals surface area contributed by atoms with Crippen LogP contribution in [0.1, 0.15) is 32.9 Å². The first-order valence-electron chi connectivity index (χ1n) is 5.73. The Morgan fingerprint density at radius 2 is 2.11 bits per heavy atom. The van der Waals surface area contributed by atoms with Gasteiger partial charge < -0.3 is 9.26 Å². The minimum atomic E-state index is 0.354. The molecule has 2 rings (SSSR count). The summed E-state index contributed by atoms with van der Waals surface area (Å²) in [7, 11) is 0. The molecule has 0 saturated carbocycles. The van der Waals surface area contributed by atoms with Gasteiger partial charge in [0.05, 0.1) is 16.8 Å². The van der Waals surface area contributed by atoms with Crippen LogP contribution in [0.3, 0.4) is 0 Å². The quantitative estimate of drug-likeness (QED) is 0.777. The van der Waals surface area contributed by atoms with Gasteiger partial charge in [-0.25, -0.2) is 0 Å². The molecular formula is C14H15NO3. The van der Waals surface area contributed by atoms with Crippen LogP contribution in [-0.4, -0.2) is 11.4 Å². The summed E-state index contributed by atoms with van der Waals surface area (Å²) in [5, 5.41) is 3.87. The number of hydrogen-bond acceptors (Lipinski definition) is 4. The van der Waals surface area contributed by atoms with Gasteiger partial charge in [-0.15, -0.1) is 0 Å². The van der Waals surface area contributed by atoms with Crippen molar-refractivity contribution in [2.45, 2.75) is 27.4 Å². The van der Waals surface area contributed by atoms with Crippen LogP contribution >= 0.6 is 0 Å². The van der Waals surface area contributed by atoms with E-state index < -0.39 is 0 Å². The van der Waals surface area contributed by atoms with Crippen molar-refractivity contribution in [3.8, 4) is 5.75 Å². The van der Waals surface area contributed by atoms with Crippen molar-refractivity contribution in [2.75, 3.05) is 0 Å². The van der Waals surface area contributed by atoms with E-state index in [1.807, 2.05) is 32.9 Å². The van der Waals surface area contributed by atoms with Crippen LogP contribution in [0.15, 0.2) is 22.7 Å². The van der Waals surface area contributed by atoms with Gasteiger partial charge in [-0.05, 0) is 32.4 Å². The van der Waals surface area contributed by atoms with Crippen molar-refractivity contribution in [3.63, 3.8) is 0 Å². The van der Waals surface area contributed by atoms with Crippen LogP contribution in [0, 0.1) is 20.8 Å². The Bertz CT molecular complexity index is 553. The molecule has 0 bridgehead atoms. The van der Waals surface area contributed by atoms with Crippen molar-refractivity contribution in [3.05, 3.63) is 46.3 Å². The molecule has 0 aliphatic rings. The Balaban J connectivity index is 2.23. The number of rotatable bonds is 4. The maximum absolute atomic E-state index is 11.0. The average Bonchev–Trinajstić information content (AvgIpc) is 2.68. The molecule has 4 nitrogen and oxygen atoms in total. The molecule has 0 amide bonds. The molecule has 18 heavy (non-hydrogen) atoms. The fourth-order valence-electron chi connectivity index (χ4n) is 1.82. The van der Waals surface area contributed by atoms with Crippen LogP contribution in [0.25, 0.3) is 0 Å². The first-order valence-corrected chi connectivity index (χ1v) is 5.73. The van der Waals surface area contributed by atoms with Gasteiger partial charge in [0.15, 0.2) is 6.29 Å². The highest BCUT2D eigenvalue weighted by Gasteiger charge is 2.12. The normalized spacial score (nSPS) is 10.4. The van der Waals surface area contributed by atoms with Crippen LogP contribution in [-0.2, 0) is 6.61 Å². The molecule has 2 aromatic rings. The number of carbonyl (C=O) groups excluding carboxylic acids is 1. The molecule has 1 aromatic carbocycles. The van der Waals surface area contributed by atoms with Crippen LogP contribution in [0.4, 0.5) is 0 Å². The van der Waals surface area contributed by atoms with Gasteiger partial charge in [0, 0.05) is 0 Å². The highest BCUT2D eigenvalue weighted by Crippen LogP contribution is 2.24. The summed E-state index contributed by atoms with van der Waals surface area (Å²) < 4.78 is 10.8. The topological polar surface area (TPSA) is 52.3 Å². The number of ether oxygens (including phenoxy) is 1. The molecule has 0 spiro atoms. The van der Waals surface area contributed by atoms with Crippen molar-refractivity contribution in [1.82, 2.24) is 5.16 Å². The SMILES string of the molecule is Cc1cccc(C=O)c1OCc1c(C)noc1C. The largest absolute Gasteiger partial charge is 0.488 e. The fraction of sp³-hybridized carbons (Fsp3) is 0.286. The van der Waals surface area contributed by atoms with Crippen LogP contribution in [0.5, 0.6) is 5.75 Å². The van der Waals surface area contributed by atoms with E-state index in [1.54, 1.807) is 6.07 Å². The first kappa shape index (κ1) is 12.4. The zero-order chi connectivity index (χ0) is 13.1. The van der Waals surface area contributed by atoms with E-state index in [9.17, 15) is 4.79 Å². The Morgan fingerprint density at radius 1 is 1.33 bits per heavy atom. The smallest absolute Gasteiger partial charge is 0.153 e. The van der Waals surface area contributed by atoms with Gasteiger partial charge >= 0.3 is 0 Å². The second-order valence-corrected chi connectivity index (χ2v) is 4.20. The van der Waals surface area contributed by atoms with Gasteiger partial charge in [-0.3, -0.25) is 4.79 Å². The van der Waals surface area contributed by atoms with Crippen molar-refractivity contribution in [1.29, 1.82) is 0 Å². The lowest BCUT2D eigenvalue weighted by Crippen LogP contribution is -2.01. The van der Waals surface area contributed by atoms with Crippen molar-refractivity contribution < 1.29 is 14.1 Å². The standard InChI is InChI=1S/C14H15NO3/c1-9-5-4-6-12(7-16)14(9)17-8-13-10(2)15-18-11(13)3/h4-7H,8H2,1-3H3. The summed E-state index contributed by atoms with van der Waals surface area (Å²) in [6.07, 6.45) is 0.801. The summed E-state index contributed by atoms with van der Waals surface area (Å²) in [6, 6.07) is 5.49. The molecule has 0 N–H and O–H groups in total. The highest BCUT2D eigenvalue weighted by atomic mass is 16.5. The fourth-order valence-corrected chi connectivity index (χ4v) is 1.82. The second-order valence-electron chi connectivity index (χ2n) is 4.20. The number of benzene rings is 1. The molecule has 1 aromatic heterocycles. The van der Waals surface area contributed by atoms with E-state index in [4.69, 9.17) is 9.26 Å². The number of aryl methyl sites for hydroxylation is 3. The highest BCUT2D eigenvalue weighted by molar-refractivity contribution is 5.80. The second kappa shape index (κ2) is 5.04. The van der Waals surface area contributed by atoms with Gasteiger partial charge in [0.1, 0.15) is 18.1 Å². The minimum Gasteiger partial charge on any atom is -0.488 e. The lowest BCUT2D eigenvalue weighted by atomic mass is 10.1. The van der Waals surface area contributed by atoms with E-state index >= 15 is 0 Å². The molecule has 1 heterocycles. The summed E-state index contributed by atoms with van der Waals surface area (Å²) in [4.78, 5) is 11.0. The number of para-hydroxylation sites is 1. The summed E-state index contributed by atoms with van der Waals surface area (Å²) >= 11 is 0. The molecule has 4 heteroatoms. The summed E-state index contributed by atoms with van der Waals surface area (Å²) in [5.41, 5.74) is 3.23. The lowest BCUT2D eigenvalue weighted by molar-refractivity contribution is 0.111. The Labute approximate surface area is 106 Å². The molecule has 0 radical (unpaired) electrons. The predicted octanol–water partition coefficient (Wildman–Crippen LogP) is 2.99. The molecular weight excluding hydrogens is 230 g/mol. The number of aldehydes is 1. The van der Waals surface area contributed by atoms with Gasteiger partial charge in [0.2, 0.25) is 0 Å². The summed E-state index contributed by atoms with van der Waals surface area (Å²) in [5.74, 6) is 1.36. The third-order valence-electron chi connectivity index (χ3n) is 2.91. The molecule has 0 unspecified atom stereocenters. The maximum atomic E-state index is 11.0. The van der Waals surface area contributed by atoms with Gasteiger partial charge in [-0.1, -0.05) is 17.3 Å². The molecule has 94 valence electrons. The molecule has 0 saturated heterocycles. The number of nitrogens with zero attached hydrogens (tertiary/aromatic N) is 1. The lowest BCUT2D eigenvalue weighted by Gasteiger charge is -2.10. The van der Waals surface area contributed by atoms with Crippen LogP contribution in [0.2, 0.25) is 0 Å². The molecule has 0 aliphatic carbocycles. The maximum Gasteiger partial charge on any atom is 0.153 e. The average molecular weight is 245 g/mol. The van der Waals surface area contributed by atoms with E-state index in [1.165, 1.54) is 0 Å². The summed E-state index contributed by atoms with van der Waals surface area (Å²) in [6.45, 7) is 5.98. The van der Waals surface area contributed by atoms with E-state index in [0.29, 0.717) is 17.9 Å². The van der Waals surface area contributed by atoms with E-state index in [0.717, 1.165) is 28.9 Å². The number of aromatic nitrogens is 1. The molecule has 0 aliphatic heterocycles. The third-order valence-corrected chi connectivity index (χ3v) is 2.91. The first-order chi connectivity index (χ1) is 8.63. The number of hydrogen-bond donors (Lipinski definition) is 0. The monoisotopic (exact) mass is 245 g/mol. The Hall–Kier alpha value is -2.10. The molecule has 0 fully saturated rings. The molecule has 0 atom stereocenters. The Kier molecular flexibility index (Phi) is 3.46. The minimum absolute atomic E-state index is 0.354. The Morgan fingerprint density at radius 3 is 2.72 bits per heavy atom. The number of carbonyl (C=O) groups is 1. The predicted molar refractivity (Wildman–Crippen MR) is 66.9 cm³/mol. The van der Waals surface area contributed by atoms with Gasteiger partial charge in [-0.2, -0.15) is 0 Å². The van der Waals surface area contributed by atoms with E-state index in [-0.39, 0.29) is 0 Å². The van der Waals surface area contributed by atoms with Gasteiger partial charge in [0.25, 0.3) is 0 Å². The zero-order valence-corrected chi connectivity index (χ0v) is 10.7. The van der Waals surface area contributed by atoms with E-state index in [2.05, 4.69) is 5.16 Å². The van der Waals surface area contributed by atoms with Crippen LogP contribution < -0.4 is 4.74 Å².